The Balaban J connectivity index is 2.52. The van der Waals surface area contributed by atoms with Crippen LogP contribution in [0, 0.1) is 6.92 Å². The van der Waals surface area contributed by atoms with Crippen molar-refractivity contribution >= 4 is 20.8 Å². The lowest BCUT2D eigenvalue weighted by molar-refractivity contribution is 0.729. The molecule has 1 aromatic rings. The van der Waals surface area contributed by atoms with Gasteiger partial charge in [0.15, 0.2) is 0 Å². The van der Waals surface area contributed by atoms with Crippen LogP contribution in [-0.2, 0) is 0 Å². The minimum atomic E-state index is 0.950. The highest BCUT2D eigenvalue weighted by molar-refractivity contribution is 7.27. The predicted molar refractivity (Wildman–Crippen MR) is 72.5 cm³/mol. The third-order valence-electron chi connectivity index (χ3n) is 2.36. The van der Waals surface area contributed by atoms with E-state index in [-0.39, 0.29) is 0 Å². The highest BCUT2D eigenvalue weighted by Gasteiger charge is 1.94. The summed E-state index contributed by atoms with van der Waals surface area (Å²) >= 11 is 0. The molecule has 0 radical (unpaired) electrons. The topological polar surface area (TPSA) is 12.4 Å². The van der Waals surface area contributed by atoms with E-state index in [2.05, 4.69) is 46.3 Å². The third kappa shape index (κ3) is 4.57. The molecule has 0 aliphatic heterocycles. The number of hydrogen-bond acceptors (Lipinski definition) is 1. The SMILES string of the molecule is CCCCCN=Cc1cc(C)ccc1P. The number of nitrogens with zero attached hydrogens (tertiary/aromatic N) is 1. The lowest BCUT2D eigenvalue weighted by Crippen LogP contribution is -2.01. The van der Waals surface area contributed by atoms with Crippen molar-refractivity contribution in [2.75, 3.05) is 6.54 Å². The number of rotatable bonds is 5. The van der Waals surface area contributed by atoms with Crippen molar-refractivity contribution in [1.29, 1.82) is 0 Å². The summed E-state index contributed by atoms with van der Waals surface area (Å²) in [6.07, 6.45) is 5.73. The Hall–Kier alpha value is -0.680. The largest absolute Gasteiger partial charge is 0.293 e. The van der Waals surface area contributed by atoms with E-state index in [1.54, 1.807) is 0 Å². The first-order chi connectivity index (χ1) is 7.24. The van der Waals surface area contributed by atoms with Crippen LogP contribution in [0.1, 0.15) is 37.3 Å². The first-order valence-corrected chi connectivity index (χ1v) is 6.17. The molecule has 15 heavy (non-hydrogen) atoms. The molecule has 0 aliphatic carbocycles. The quantitative estimate of drug-likeness (QED) is 0.411. The molecule has 1 atom stereocenters. The van der Waals surface area contributed by atoms with Gasteiger partial charge in [0.1, 0.15) is 0 Å². The van der Waals surface area contributed by atoms with Gasteiger partial charge in [-0.1, -0.05) is 37.5 Å². The number of unbranched alkanes of at least 4 members (excludes halogenated alkanes) is 2. The molecule has 1 aromatic carbocycles. The molecule has 1 unspecified atom stereocenters. The Kier molecular flexibility index (Phi) is 5.57. The van der Waals surface area contributed by atoms with Gasteiger partial charge in [0.25, 0.3) is 0 Å². The zero-order valence-electron chi connectivity index (χ0n) is 9.66. The van der Waals surface area contributed by atoms with Crippen molar-refractivity contribution < 1.29 is 0 Å². The molecule has 0 fully saturated rings. The van der Waals surface area contributed by atoms with E-state index < -0.39 is 0 Å². The lowest BCUT2D eigenvalue weighted by Gasteiger charge is -2.00. The van der Waals surface area contributed by atoms with Gasteiger partial charge in [-0.15, -0.1) is 9.24 Å². The number of aryl methyl sites for hydroxylation is 1. The minimum Gasteiger partial charge on any atom is -0.293 e. The van der Waals surface area contributed by atoms with E-state index in [4.69, 9.17) is 0 Å². The van der Waals surface area contributed by atoms with Gasteiger partial charge in [-0.2, -0.15) is 0 Å². The first-order valence-electron chi connectivity index (χ1n) is 5.60. The van der Waals surface area contributed by atoms with Crippen LogP contribution in [0.3, 0.4) is 0 Å². The number of hydrogen-bond donors (Lipinski definition) is 0. The van der Waals surface area contributed by atoms with Gasteiger partial charge in [0.05, 0.1) is 0 Å². The zero-order valence-corrected chi connectivity index (χ0v) is 10.8. The van der Waals surface area contributed by atoms with Crippen LogP contribution in [0.4, 0.5) is 0 Å². The maximum Gasteiger partial charge on any atom is 0.0389 e. The summed E-state index contributed by atoms with van der Waals surface area (Å²) in [5, 5.41) is 1.22. The smallest absolute Gasteiger partial charge is 0.0389 e. The fraction of sp³-hybridized carbons (Fsp3) is 0.462. The van der Waals surface area contributed by atoms with Crippen LogP contribution in [0.5, 0.6) is 0 Å². The Morgan fingerprint density at radius 3 is 2.87 bits per heavy atom. The molecule has 0 aromatic heterocycles. The van der Waals surface area contributed by atoms with Crippen LogP contribution < -0.4 is 5.30 Å². The summed E-state index contributed by atoms with van der Waals surface area (Å²) in [5.41, 5.74) is 2.51. The van der Waals surface area contributed by atoms with Crippen molar-refractivity contribution in [2.24, 2.45) is 4.99 Å². The van der Waals surface area contributed by atoms with E-state index in [0.717, 1.165) is 6.54 Å². The maximum absolute atomic E-state index is 4.44. The molecular formula is C13H20NP. The van der Waals surface area contributed by atoms with Crippen molar-refractivity contribution in [1.82, 2.24) is 0 Å². The molecule has 0 spiro atoms. The molecule has 82 valence electrons. The fourth-order valence-electron chi connectivity index (χ4n) is 1.42. The molecule has 0 bridgehead atoms. The van der Waals surface area contributed by atoms with Crippen molar-refractivity contribution in [3.63, 3.8) is 0 Å². The maximum atomic E-state index is 4.44. The molecule has 0 N–H and O–H groups in total. The minimum absolute atomic E-state index is 0.950. The van der Waals surface area contributed by atoms with Crippen LogP contribution >= 0.6 is 9.24 Å². The van der Waals surface area contributed by atoms with Gasteiger partial charge in [-0.25, -0.2) is 0 Å². The van der Waals surface area contributed by atoms with E-state index >= 15 is 0 Å². The number of aliphatic imine (C=N–C) groups is 1. The first kappa shape index (κ1) is 12.4. The molecule has 2 heteroatoms. The Bertz CT molecular complexity index is 331. The molecule has 0 saturated carbocycles. The van der Waals surface area contributed by atoms with Gasteiger partial charge in [-0.3, -0.25) is 4.99 Å². The molecule has 1 rings (SSSR count). The summed E-state index contributed by atoms with van der Waals surface area (Å²) in [5.74, 6) is 0. The second-order valence-corrected chi connectivity index (χ2v) is 4.50. The predicted octanol–water partition coefficient (Wildman–Crippen LogP) is 3.10. The molecular weight excluding hydrogens is 201 g/mol. The van der Waals surface area contributed by atoms with Crippen LogP contribution in [0.25, 0.3) is 0 Å². The van der Waals surface area contributed by atoms with Gasteiger partial charge >= 0.3 is 0 Å². The number of benzene rings is 1. The van der Waals surface area contributed by atoms with E-state index in [0.29, 0.717) is 0 Å². The summed E-state index contributed by atoms with van der Waals surface area (Å²) < 4.78 is 0. The zero-order chi connectivity index (χ0) is 11.1. The van der Waals surface area contributed by atoms with Gasteiger partial charge < -0.3 is 0 Å². The summed E-state index contributed by atoms with van der Waals surface area (Å²) in [6.45, 7) is 5.27. The monoisotopic (exact) mass is 221 g/mol. The van der Waals surface area contributed by atoms with Gasteiger partial charge in [-0.05, 0) is 30.3 Å². The summed E-state index contributed by atoms with van der Waals surface area (Å²) in [4.78, 5) is 4.44. The lowest BCUT2D eigenvalue weighted by atomic mass is 10.1. The third-order valence-corrected chi connectivity index (χ3v) is 2.89. The molecule has 0 heterocycles. The average Bonchev–Trinajstić information content (AvgIpc) is 2.23. The normalized spacial score (nSPS) is 11.1. The summed E-state index contributed by atoms with van der Waals surface area (Å²) in [6, 6.07) is 6.41. The standard InChI is InChI=1S/C13H20NP/c1-3-4-5-8-14-10-12-9-11(2)6-7-13(12)15/h6-7,9-10H,3-5,8,15H2,1-2H3. The highest BCUT2D eigenvalue weighted by atomic mass is 31.0. The highest BCUT2D eigenvalue weighted by Crippen LogP contribution is 2.03. The van der Waals surface area contributed by atoms with E-state index in [9.17, 15) is 0 Å². The second kappa shape index (κ2) is 6.74. The Morgan fingerprint density at radius 1 is 1.33 bits per heavy atom. The second-order valence-electron chi connectivity index (χ2n) is 3.87. The van der Waals surface area contributed by atoms with Gasteiger partial charge in [0.2, 0.25) is 0 Å². The molecule has 0 saturated heterocycles. The molecule has 0 aliphatic rings. The molecule has 0 amide bonds. The van der Waals surface area contributed by atoms with Crippen LogP contribution in [0.2, 0.25) is 0 Å². The Morgan fingerprint density at radius 2 is 2.13 bits per heavy atom. The van der Waals surface area contributed by atoms with Gasteiger partial charge in [0, 0.05) is 12.8 Å². The average molecular weight is 221 g/mol. The van der Waals surface area contributed by atoms with Crippen molar-refractivity contribution in [2.45, 2.75) is 33.1 Å². The fourth-order valence-corrected chi connectivity index (χ4v) is 1.68. The van der Waals surface area contributed by atoms with Crippen LogP contribution in [0.15, 0.2) is 23.2 Å². The van der Waals surface area contributed by atoms with E-state index in [1.165, 1.54) is 35.7 Å². The van der Waals surface area contributed by atoms with Crippen LogP contribution in [-0.4, -0.2) is 12.8 Å². The van der Waals surface area contributed by atoms with Crippen molar-refractivity contribution in [3.8, 4) is 0 Å². The summed E-state index contributed by atoms with van der Waals surface area (Å²) in [7, 11) is 2.75. The van der Waals surface area contributed by atoms with Crippen molar-refractivity contribution in [3.05, 3.63) is 29.3 Å². The Labute approximate surface area is 95.2 Å². The molecule has 1 nitrogen and oxygen atoms in total. The van der Waals surface area contributed by atoms with E-state index in [1.807, 2.05) is 6.21 Å².